The second-order valence-corrected chi connectivity index (χ2v) is 8.51. The van der Waals surface area contributed by atoms with Crippen molar-refractivity contribution in [1.82, 2.24) is 4.98 Å². The Morgan fingerprint density at radius 1 is 1.07 bits per heavy atom. The molecule has 2 fully saturated rings. The molecule has 2 heterocycles. The fraction of sp³-hybridized carbons (Fsp3) is 0.476. The molecule has 6 heteroatoms. The number of pyridine rings is 1. The summed E-state index contributed by atoms with van der Waals surface area (Å²) in [7, 11) is -0.534. The lowest BCUT2D eigenvalue weighted by molar-refractivity contribution is 0.00578. The Kier molecular flexibility index (Phi) is 4.31. The third-order valence-corrected chi connectivity index (χ3v) is 5.94. The van der Waals surface area contributed by atoms with Gasteiger partial charge in [-0.2, -0.15) is 0 Å². The highest BCUT2D eigenvalue weighted by Gasteiger charge is 2.52. The van der Waals surface area contributed by atoms with Crippen LogP contribution >= 0.6 is 0 Å². The Labute approximate surface area is 160 Å². The third kappa shape index (κ3) is 3.36. The molecule has 142 valence electrons. The highest BCUT2D eigenvalue weighted by molar-refractivity contribution is 6.62. The summed E-state index contributed by atoms with van der Waals surface area (Å²) in [5.74, 6) is 0.860. The van der Waals surface area contributed by atoms with Gasteiger partial charge in [-0.15, -0.1) is 0 Å². The van der Waals surface area contributed by atoms with Crippen molar-refractivity contribution in [1.29, 1.82) is 0 Å². The first kappa shape index (κ1) is 18.4. The molecule has 2 aliphatic rings. The summed E-state index contributed by atoms with van der Waals surface area (Å²) >= 11 is 0. The van der Waals surface area contributed by atoms with Crippen molar-refractivity contribution in [3.05, 3.63) is 47.5 Å². The molecule has 4 nitrogen and oxygen atoms in total. The highest BCUT2D eigenvalue weighted by atomic mass is 19.1. The van der Waals surface area contributed by atoms with Gasteiger partial charge < -0.3 is 14.0 Å². The van der Waals surface area contributed by atoms with E-state index in [9.17, 15) is 4.39 Å². The molecular formula is C21H25BFNO3. The summed E-state index contributed by atoms with van der Waals surface area (Å²) in [6.07, 6.45) is 5.59. The number of hydrogen-bond acceptors (Lipinski definition) is 4. The predicted molar refractivity (Wildman–Crippen MR) is 103 cm³/mol. The van der Waals surface area contributed by atoms with E-state index in [1.165, 1.54) is 0 Å². The van der Waals surface area contributed by atoms with Gasteiger partial charge in [-0.25, -0.2) is 4.39 Å². The van der Waals surface area contributed by atoms with E-state index in [1.807, 2.05) is 40.7 Å². The number of rotatable bonds is 4. The molecule has 0 amide bonds. The monoisotopic (exact) mass is 369 g/mol. The Morgan fingerprint density at radius 2 is 1.74 bits per heavy atom. The van der Waals surface area contributed by atoms with Gasteiger partial charge in [0, 0.05) is 11.7 Å². The van der Waals surface area contributed by atoms with E-state index in [1.54, 1.807) is 24.5 Å². The molecule has 0 unspecified atom stereocenters. The van der Waals surface area contributed by atoms with Crippen molar-refractivity contribution in [2.75, 3.05) is 0 Å². The molecule has 0 radical (unpaired) electrons. The zero-order valence-electron chi connectivity index (χ0n) is 16.5. The quantitative estimate of drug-likeness (QED) is 0.745. The molecule has 1 saturated heterocycles. The number of halogens is 1. The number of ether oxygens (including phenoxy) is 1. The molecule has 0 atom stereocenters. The van der Waals surface area contributed by atoms with Crippen molar-refractivity contribution >= 4 is 12.6 Å². The molecule has 0 spiro atoms. The minimum Gasteiger partial charge on any atom is -0.452 e. The fourth-order valence-corrected chi connectivity index (χ4v) is 3.22. The summed E-state index contributed by atoms with van der Waals surface area (Å²) in [6.45, 7) is 9.94. The average molecular weight is 369 g/mol. The fourth-order valence-electron chi connectivity index (χ4n) is 3.22. The molecule has 27 heavy (non-hydrogen) atoms. The Balaban J connectivity index is 1.60. The number of benzene rings is 1. The van der Waals surface area contributed by atoms with Crippen LogP contribution < -0.4 is 10.2 Å². The number of aromatic nitrogens is 1. The van der Waals surface area contributed by atoms with E-state index in [4.69, 9.17) is 14.0 Å². The maximum absolute atomic E-state index is 14.5. The largest absolute Gasteiger partial charge is 0.496 e. The highest BCUT2D eigenvalue weighted by Crippen LogP contribution is 2.41. The van der Waals surface area contributed by atoms with Gasteiger partial charge in [-0.3, -0.25) is 4.98 Å². The van der Waals surface area contributed by atoms with Crippen molar-refractivity contribution in [3.63, 3.8) is 0 Å². The summed E-state index contributed by atoms with van der Waals surface area (Å²) in [5.41, 5.74) is 1.79. The van der Waals surface area contributed by atoms with Gasteiger partial charge >= 0.3 is 7.12 Å². The molecule has 1 aromatic heterocycles. The van der Waals surface area contributed by atoms with Gasteiger partial charge in [-0.05, 0) is 76.6 Å². The van der Waals surface area contributed by atoms with Crippen LogP contribution in [0.15, 0.2) is 30.6 Å². The molecule has 1 aliphatic carbocycles. The van der Waals surface area contributed by atoms with Crippen molar-refractivity contribution in [3.8, 4) is 11.5 Å². The van der Waals surface area contributed by atoms with Crippen molar-refractivity contribution < 1.29 is 18.4 Å². The maximum atomic E-state index is 14.5. The van der Waals surface area contributed by atoms with Gasteiger partial charge in [0.25, 0.3) is 0 Å². The van der Waals surface area contributed by atoms with Crippen molar-refractivity contribution in [2.24, 2.45) is 0 Å². The molecule has 1 aromatic carbocycles. The third-order valence-electron chi connectivity index (χ3n) is 5.94. The first-order chi connectivity index (χ1) is 12.7. The van der Waals surface area contributed by atoms with E-state index < -0.39 is 18.3 Å². The van der Waals surface area contributed by atoms with E-state index in [-0.39, 0.29) is 11.6 Å². The SMILES string of the molecule is Cc1c(Oc2ccc(C3CC3)cc2F)cncc1B1OC(C)(C)C(C)(C)O1. The Morgan fingerprint density at radius 3 is 2.33 bits per heavy atom. The van der Waals surface area contributed by atoms with Crippen LogP contribution in [0.4, 0.5) is 4.39 Å². The second kappa shape index (κ2) is 6.31. The lowest BCUT2D eigenvalue weighted by atomic mass is 9.77. The van der Waals surface area contributed by atoms with Crippen LogP contribution in [0.5, 0.6) is 11.5 Å². The summed E-state index contributed by atoms with van der Waals surface area (Å²) < 4.78 is 32.6. The summed E-state index contributed by atoms with van der Waals surface area (Å²) in [6, 6.07) is 5.22. The van der Waals surface area contributed by atoms with E-state index in [0.717, 1.165) is 29.4 Å². The molecule has 1 saturated carbocycles. The first-order valence-corrected chi connectivity index (χ1v) is 9.45. The Hall–Kier alpha value is -1.92. The van der Waals surface area contributed by atoms with E-state index in [2.05, 4.69) is 4.98 Å². The minimum absolute atomic E-state index is 0.204. The zero-order chi connectivity index (χ0) is 19.4. The smallest absolute Gasteiger partial charge is 0.452 e. The average Bonchev–Trinajstić information content (AvgIpc) is 3.39. The standard InChI is InChI=1S/C21H25BFNO3/c1-13-16(22-26-20(2,3)21(4,5)27-22)11-24-12-19(13)25-18-9-8-15(10-17(18)23)14-6-7-14/h8-12,14H,6-7H2,1-5H3. The van der Waals surface area contributed by atoms with Crippen LogP contribution in [0.25, 0.3) is 0 Å². The lowest BCUT2D eigenvalue weighted by Gasteiger charge is -2.32. The van der Waals surface area contributed by atoms with Gasteiger partial charge in [0.1, 0.15) is 5.75 Å². The molecule has 2 aromatic rings. The molecular weight excluding hydrogens is 344 g/mol. The van der Waals surface area contributed by atoms with Gasteiger partial charge in [0.2, 0.25) is 0 Å². The topological polar surface area (TPSA) is 40.6 Å². The number of nitrogens with zero attached hydrogens (tertiary/aromatic N) is 1. The van der Waals surface area contributed by atoms with Crippen LogP contribution in [0.1, 0.15) is 57.6 Å². The zero-order valence-corrected chi connectivity index (χ0v) is 16.5. The van der Waals surface area contributed by atoms with Crippen LogP contribution in [0.3, 0.4) is 0 Å². The lowest BCUT2D eigenvalue weighted by Crippen LogP contribution is -2.41. The van der Waals surface area contributed by atoms with Crippen LogP contribution in [0, 0.1) is 12.7 Å². The predicted octanol–water partition coefficient (Wildman–Crippen LogP) is 4.50. The van der Waals surface area contributed by atoms with Gasteiger partial charge in [0.15, 0.2) is 11.6 Å². The molecule has 1 aliphatic heterocycles. The summed E-state index contributed by atoms with van der Waals surface area (Å²) in [5, 5.41) is 0. The van der Waals surface area contributed by atoms with E-state index >= 15 is 0 Å². The van der Waals surface area contributed by atoms with E-state index in [0.29, 0.717) is 11.7 Å². The molecule has 0 bridgehead atoms. The van der Waals surface area contributed by atoms with Crippen molar-refractivity contribution in [2.45, 2.75) is 64.6 Å². The first-order valence-electron chi connectivity index (χ1n) is 9.45. The second-order valence-electron chi connectivity index (χ2n) is 8.51. The summed E-state index contributed by atoms with van der Waals surface area (Å²) in [4.78, 5) is 4.26. The Bertz CT molecular complexity index is 864. The van der Waals surface area contributed by atoms with Crippen LogP contribution in [0.2, 0.25) is 0 Å². The molecule has 0 N–H and O–H groups in total. The minimum atomic E-state index is -0.534. The number of hydrogen-bond donors (Lipinski definition) is 0. The van der Waals surface area contributed by atoms with Crippen LogP contribution in [-0.2, 0) is 9.31 Å². The van der Waals surface area contributed by atoms with Gasteiger partial charge in [0.05, 0.1) is 17.4 Å². The molecule has 4 rings (SSSR count). The van der Waals surface area contributed by atoms with Gasteiger partial charge in [-0.1, -0.05) is 6.07 Å². The normalized spacial score (nSPS) is 20.7. The maximum Gasteiger partial charge on any atom is 0.496 e. The van der Waals surface area contributed by atoms with Crippen LogP contribution in [-0.4, -0.2) is 23.3 Å².